The molecule has 3 aromatic rings. The van der Waals surface area contributed by atoms with Crippen LogP contribution in [-0.4, -0.2) is 4.98 Å². The van der Waals surface area contributed by atoms with E-state index in [0.717, 1.165) is 22.2 Å². The molecule has 112 valence electrons. The number of nitrogens with zero attached hydrogens (tertiary/aromatic N) is 3. The highest BCUT2D eigenvalue weighted by Crippen LogP contribution is 2.25. The molecular weight excluding hydrogens is 298 g/mol. The summed E-state index contributed by atoms with van der Waals surface area (Å²) in [6, 6.07) is 22.7. The van der Waals surface area contributed by atoms with Gasteiger partial charge in [0.2, 0.25) is 0 Å². The number of para-hydroxylation sites is 1. The van der Waals surface area contributed by atoms with Crippen molar-refractivity contribution >= 4 is 16.6 Å². The van der Waals surface area contributed by atoms with Crippen molar-refractivity contribution in [3.05, 3.63) is 65.9 Å². The summed E-state index contributed by atoms with van der Waals surface area (Å²) in [5.41, 5.74) is 3.40. The van der Waals surface area contributed by atoms with Crippen LogP contribution in [0.3, 0.4) is 0 Å². The molecule has 5 heteroatoms. The number of nitrogens with one attached hydrogen (secondary N) is 2. The zero-order valence-corrected chi connectivity index (χ0v) is 12.5. The summed E-state index contributed by atoms with van der Waals surface area (Å²) in [6.07, 6.45) is 0. The van der Waals surface area contributed by atoms with Crippen molar-refractivity contribution in [2.75, 3.05) is 5.32 Å². The van der Waals surface area contributed by atoms with E-state index in [-0.39, 0.29) is 11.3 Å². The van der Waals surface area contributed by atoms with Gasteiger partial charge in [-0.05, 0) is 29.8 Å². The third kappa shape index (κ3) is 2.81. The van der Waals surface area contributed by atoms with Crippen LogP contribution >= 0.6 is 0 Å². The van der Waals surface area contributed by atoms with Gasteiger partial charge in [-0.25, -0.2) is 0 Å². The van der Waals surface area contributed by atoms with Gasteiger partial charge in [0.25, 0.3) is 0 Å². The molecule has 0 bridgehead atoms. The zero-order valence-electron chi connectivity index (χ0n) is 12.5. The number of hydrogen-bond donors (Lipinski definition) is 2. The van der Waals surface area contributed by atoms with Crippen molar-refractivity contribution in [2.24, 2.45) is 0 Å². The van der Waals surface area contributed by atoms with Gasteiger partial charge in [-0.1, -0.05) is 30.3 Å². The molecule has 0 amide bonds. The van der Waals surface area contributed by atoms with Gasteiger partial charge in [-0.2, -0.15) is 15.8 Å². The van der Waals surface area contributed by atoms with Crippen LogP contribution in [0.2, 0.25) is 0 Å². The van der Waals surface area contributed by atoms with Crippen LogP contribution in [0.5, 0.6) is 0 Å². The lowest BCUT2D eigenvalue weighted by molar-refractivity contribution is 1.37. The average molecular weight is 309 g/mol. The normalized spacial score (nSPS) is 9.54. The van der Waals surface area contributed by atoms with Gasteiger partial charge in [0.05, 0.1) is 0 Å². The third-order valence-corrected chi connectivity index (χ3v) is 3.58. The number of benzene rings is 2. The van der Waals surface area contributed by atoms with Gasteiger partial charge in [0.1, 0.15) is 23.9 Å². The molecule has 3 rings (SSSR count). The first-order valence-electron chi connectivity index (χ1n) is 7.15. The Bertz CT molecular complexity index is 1000. The second kappa shape index (κ2) is 6.40. The fourth-order valence-corrected chi connectivity index (χ4v) is 2.39. The largest absolute Gasteiger partial charge is 0.355 e. The minimum atomic E-state index is -0.239. The number of aromatic amines is 1. The van der Waals surface area contributed by atoms with E-state index in [0.29, 0.717) is 5.69 Å². The summed E-state index contributed by atoms with van der Waals surface area (Å²) >= 11 is 0. The molecule has 24 heavy (non-hydrogen) atoms. The lowest BCUT2D eigenvalue weighted by Gasteiger charge is -2.05. The maximum atomic E-state index is 9.06. The first-order chi connectivity index (χ1) is 11.7. The molecule has 0 saturated carbocycles. The Morgan fingerprint density at radius 1 is 0.875 bits per heavy atom. The highest BCUT2D eigenvalue weighted by molar-refractivity contribution is 5.86. The summed E-state index contributed by atoms with van der Waals surface area (Å²) in [6.45, 7) is 0. The Balaban J connectivity index is 1.89. The Kier molecular flexibility index (Phi) is 3.98. The molecular formula is C19H11N5. The van der Waals surface area contributed by atoms with E-state index < -0.39 is 0 Å². The zero-order chi connectivity index (χ0) is 16.9. The van der Waals surface area contributed by atoms with E-state index in [2.05, 4.69) is 16.4 Å². The summed E-state index contributed by atoms with van der Waals surface area (Å²) in [5, 5.41) is 30.7. The molecule has 0 aliphatic carbocycles. The summed E-state index contributed by atoms with van der Waals surface area (Å²) in [7, 11) is 0. The lowest BCUT2D eigenvalue weighted by Crippen LogP contribution is -2.00. The van der Waals surface area contributed by atoms with Crippen LogP contribution in [-0.2, 0) is 0 Å². The van der Waals surface area contributed by atoms with E-state index in [9.17, 15) is 0 Å². The van der Waals surface area contributed by atoms with E-state index >= 15 is 0 Å². The molecule has 0 atom stereocenters. The topological polar surface area (TPSA) is 99.2 Å². The average Bonchev–Trinajstić information content (AvgIpc) is 3.06. The summed E-state index contributed by atoms with van der Waals surface area (Å²) in [4.78, 5) is 3.35. The Morgan fingerprint density at radius 3 is 2.21 bits per heavy atom. The van der Waals surface area contributed by atoms with Gasteiger partial charge in [-0.3, -0.25) is 0 Å². The van der Waals surface area contributed by atoms with Crippen LogP contribution < -0.4 is 5.32 Å². The maximum Gasteiger partial charge on any atom is 0.163 e. The number of hydrogen-bond acceptors (Lipinski definition) is 4. The lowest BCUT2D eigenvalue weighted by atomic mass is 10.1. The minimum absolute atomic E-state index is 0.0571. The van der Waals surface area contributed by atoms with Crippen molar-refractivity contribution < 1.29 is 0 Å². The molecule has 2 N–H and O–H groups in total. The number of anilines is 1. The molecule has 0 spiro atoms. The second-order valence-corrected chi connectivity index (χ2v) is 5.06. The summed E-state index contributed by atoms with van der Waals surface area (Å²) < 4.78 is 0. The van der Waals surface area contributed by atoms with Gasteiger partial charge in [0.15, 0.2) is 5.57 Å². The maximum absolute atomic E-state index is 9.06. The van der Waals surface area contributed by atoms with Crippen molar-refractivity contribution in [3.8, 4) is 29.5 Å². The van der Waals surface area contributed by atoms with Gasteiger partial charge in [-0.15, -0.1) is 0 Å². The quantitative estimate of drug-likeness (QED) is 0.712. The standard InChI is InChI=1S/C19H11N5/c20-10-15(11-21)19(12-22)23-16-7-5-13(6-8-16)18-9-14-3-1-2-4-17(14)24-18/h1-9,23-24H. The monoisotopic (exact) mass is 309 g/mol. The fourth-order valence-electron chi connectivity index (χ4n) is 2.39. The minimum Gasteiger partial charge on any atom is -0.355 e. The second-order valence-electron chi connectivity index (χ2n) is 5.06. The van der Waals surface area contributed by atoms with Crippen molar-refractivity contribution in [1.29, 1.82) is 15.8 Å². The molecule has 1 aromatic heterocycles. The molecule has 0 aliphatic heterocycles. The molecule has 2 aromatic carbocycles. The van der Waals surface area contributed by atoms with Gasteiger partial charge < -0.3 is 10.3 Å². The van der Waals surface area contributed by atoms with E-state index in [1.807, 2.05) is 42.5 Å². The summed E-state index contributed by atoms with van der Waals surface area (Å²) in [5.74, 6) is 0. The molecule has 0 unspecified atom stereocenters. The first kappa shape index (κ1) is 14.9. The highest BCUT2D eigenvalue weighted by Gasteiger charge is 2.07. The van der Waals surface area contributed by atoms with Crippen LogP contribution in [0, 0.1) is 34.0 Å². The molecule has 0 fully saturated rings. The van der Waals surface area contributed by atoms with Crippen molar-refractivity contribution in [2.45, 2.75) is 0 Å². The highest BCUT2D eigenvalue weighted by atomic mass is 14.9. The molecule has 0 aliphatic rings. The van der Waals surface area contributed by atoms with Gasteiger partial charge in [0, 0.05) is 22.3 Å². The number of rotatable bonds is 3. The Hall–Kier alpha value is -4.01. The number of nitriles is 3. The predicted molar refractivity (Wildman–Crippen MR) is 91.2 cm³/mol. The van der Waals surface area contributed by atoms with Crippen LogP contribution in [0.4, 0.5) is 5.69 Å². The van der Waals surface area contributed by atoms with Crippen molar-refractivity contribution in [1.82, 2.24) is 4.98 Å². The number of aromatic nitrogens is 1. The van der Waals surface area contributed by atoms with E-state index in [4.69, 9.17) is 15.8 Å². The van der Waals surface area contributed by atoms with Crippen molar-refractivity contribution in [3.63, 3.8) is 0 Å². The predicted octanol–water partition coefficient (Wildman–Crippen LogP) is 4.07. The molecule has 0 saturated heterocycles. The fraction of sp³-hybridized carbons (Fsp3) is 0. The van der Waals surface area contributed by atoms with Crippen LogP contribution in [0.15, 0.2) is 65.9 Å². The number of fused-ring (bicyclic) bond motifs is 1. The van der Waals surface area contributed by atoms with Crippen LogP contribution in [0.1, 0.15) is 0 Å². The van der Waals surface area contributed by atoms with E-state index in [1.165, 1.54) is 0 Å². The smallest absolute Gasteiger partial charge is 0.163 e. The number of allylic oxidation sites excluding steroid dienone is 2. The molecule has 5 nitrogen and oxygen atoms in total. The molecule has 1 heterocycles. The van der Waals surface area contributed by atoms with Gasteiger partial charge >= 0.3 is 0 Å². The first-order valence-corrected chi connectivity index (χ1v) is 7.15. The Morgan fingerprint density at radius 2 is 1.58 bits per heavy atom. The molecule has 0 radical (unpaired) electrons. The number of H-pyrrole nitrogens is 1. The Labute approximate surface area is 138 Å². The third-order valence-electron chi connectivity index (χ3n) is 3.58. The van der Waals surface area contributed by atoms with Crippen LogP contribution in [0.25, 0.3) is 22.2 Å². The van der Waals surface area contributed by atoms with E-state index in [1.54, 1.807) is 24.3 Å². The SMILES string of the molecule is N#CC(C#N)=C(C#N)Nc1ccc(-c2cc3ccccc3[nH]2)cc1.